The van der Waals surface area contributed by atoms with Crippen molar-refractivity contribution in [3.63, 3.8) is 0 Å². The quantitative estimate of drug-likeness (QED) is 0.317. The van der Waals surface area contributed by atoms with E-state index in [2.05, 4.69) is 23.9 Å². The molecule has 8 aliphatic carbocycles. The molecule has 0 aromatic rings. The predicted molar refractivity (Wildman–Crippen MR) is 153 cm³/mol. The second-order valence-electron chi connectivity index (χ2n) is 13.7. The first-order chi connectivity index (χ1) is 17.4. The van der Waals surface area contributed by atoms with E-state index in [4.69, 9.17) is 9.47 Å². The lowest BCUT2D eigenvalue weighted by atomic mass is 9.54. The normalized spacial score (nSPS) is 39.7. The third kappa shape index (κ3) is 6.50. The van der Waals surface area contributed by atoms with E-state index in [1.807, 2.05) is 0 Å². The summed E-state index contributed by atoms with van der Waals surface area (Å²) in [5, 5.41) is 0. The standard InChI is InChI=1S/C30H48N2O4.2ClH/c1-31(29-23-11-19-9-20(13-23)14-24(29)12-19)5-7-35-27(33)3-4-28(34)36-8-6-32(2)30-25-15-21-10-22(17-25)18-26(30)16-21;;/h19-26,29-30H,3-18H2,1-2H3;2*1H. The molecule has 6 nitrogen and oxygen atoms in total. The van der Waals surface area contributed by atoms with Gasteiger partial charge in [0.15, 0.2) is 0 Å². The van der Waals surface area contributed by atoms with Crippen LogP contribution in [0.5, 0.6) is 0 Å². The lowest BCUT2D eigenvalue weighted by molar-refractivity contribution is -0.151. The Kier molecular flexibility index (Phi) is 10.4. The van der Waals surface area contributed by atoms with Crippen LogP contribution < -0.4 is 0 Å². The molecular formula is C30H50Cl2N2O4. The number of halogens is 2. The molecule has 0 amide bonds. The first-order valence-corrected chi connectivity index (χ1v) is 15.1. The fraction of sp³-hybridized carbons (Fsp3) is 0.933. The Morgan fingerprint density at radius 1 is 0.553 bits per heavy atom. The number of carbonyl (C=O) groups is 2. The second kappa shape index (κ2) is 13.0. The van der Waals surface area contributed by atoms with Gasteiger partial charge in [0.25, 0.3) is 0 Å². The van der Waals surface area contributed by atoms with Crippen molar-refractivity contribution in [1.29, 1.82) is 0 Å². The van der Waals surface area contributed by atoms with Crippen LogP contribution in [0.3, 0.4) is 0 Å². The lowest BCUT2D eigenvalue weighted by Gasteiger charge is -2.56. The number of hydrogen-bond acceptors (Lipinski definition) is 6. The molecule has 0 heterocycles. The highest BCUT2D eigenvalue weighted by Crippen LogP contribution is 2.56. The largest absolute Gasteiger partial charge is 0.464 e. The van der Waals surface area contributed by atoms with Crippen molar-refractivity contribution in [3.8, 4) is 0 Å². The molecule has 0 atom stereocenters. The Bertz CT molecular complexity index is 704. The van der Waals surface area contributed by atoms with Gasteiger partial charge in [-0.15, -0.1) is 24.8 Å². The van der Waals surface area contributed by atoms with E-state index in [1.54, 1.807) is 0 Å². The number of likely N-dealkylation sites (N-methyl/N-ethyl adjacent to an activating group) is 2. The van der Waals surface area contributed by atoms with Crippen molar-refractivity contribution in [2.24, 2.45) is 47.3 Å². The van der Waals surface area contributed by atoms with E-state index in [9.17, 15) is 9.59 Å². The molecule has 0 aromatic carbocycles. The monoisotopic (exact) mass is 572 g/mol. The Balaban J connectivity index is 0.00000168. The van der Waals surface area contributed by atoms with Gasteiger partial charge < -0.3 is 9.47 Å². The number of esters is 2. The first kappa shape index (κ1) is 30.4. The third-order valence-electron chi connectivity index (χ3n) is 11.3. The minimum Gasteiger partial charge on any atom is -0.464 e. The van der Waals surface area contributed by atoms with Gasteiger partial charge in [-0.05, 0) is 126 Å². The van der Waals surface area contributed by atoms with E-state index in [-0.39, 0.29) is 49.6 Å². The van der Waals surface area contributed by atoms with Gasteiger partial charge in [0.2, 0.25) is 0 Å². The van der Waals surface area contributed by atoms with Gasteiger partial charge >= 0.3 is 11.9 Å². The summed E-state index contributed by atoms with van der Waals surface area (Å²) >= 11 is 0. The molecule has 8 bridgehead atoms. The first-order valence-electron chi connectivity index (χ1n) is 15.1. The minimum atomic E-state index is -0.281. The van der Waals surface area contributed by atoms with Crippen LogP contribution in [0, 0.1) is 47.3 Å². The van der Waals surface area contributed by atoms with Crippen LogP contribution in [-0.4, -0.2) is 74.2 Å². The van der Waals surface area contributed by atoms with Crippen LogP contribution in [-0.2, 0) is 19.1 Å². The van der Waals surface area contributed by atoms with Gasteiger partial charge in [0, 0.05) is 25.2 Å². The van der Waals surface area contributed by atoms with E-state index in [0.717, 1.165) is 60.4 Å². The summed E-state index contributed by atoms with van der Waals surface area (Å²) in [5.74, 6) is 6.74. The van der Waals surface area contributed by atoms with Crippen molar-refractivity contribution in [1.82, 2.24) is 9.80 Å². The number of nitrogens with zero attached hydrogens (tertiary/aromatic N) is 2. The van der Waals surface area contributed by atoms with E-state index in [1.165, 1.54) is 64.2 Å². The van der Waals surface area contributed by atoms with E-state index in [0.29, 0.717) is 25.3 Å². The number of ether oxygens (including phenoxy) is 2. The Morgan fingerprint density at radius 2 is 0.842 bits per heavy atom. The summed E-state index contributed by atoms with van der Waals surface area (Å²) in [4.78, 5) is 29.4. The van der Waals surface area contributed by atoms with Crippen molar-refractivity contribution in [3.05, 3.63) is 0 Å². The molecule has 0 aliphatic heterocycles. The summed E-state index contributed by atoms with van der Waals surface area (Å²) in [5.41, 5.74) is 0. The fourth-order valence-corrected chi connectivity index (χ4v) is 10.5. The second-order valence-corrected chi connectivity index (χ2v) is 13.7. The zero-order valence-electron chi connectivity index (χ0n) is 23.4. The van der Waals surface area contributed by atoms with Crippen LogP contribution in [0.25, 0.3) is 0 Å². The summed E-state index contributed by atoms with van der Waals surface area (Å²) < 4.78 is 11.0. The molecular weight excluding hydrogens is 523 g/mol. The van der Waals surface area contributed by atoms with Gasteiger partial charge in [0.1, 0.15) is 13.2 Å². The Morgan fingerprint density at radius 3 is 1.13 bits per heavy atom. The predicted octanol–water partition coefficient (Wildman–Crippen LogP) is 5.21. The molecule has 0 N–H and O–H groups in total. The molecule has 8 aliphatic rings. The maximum atomic E-state index is 12.2. The topological polar surface area (TPSA) is 59.1 Å². The fourth-order valence-electron chi connectivity index (χ4n) is 10.5. The maximum absolute atomic E-state index is 12.2. The zero-order chi connectivity index (χ0) is 24.8. The van der Waals surface area contributed by atoms with Crippen molar-refractivity contribution >= 4 is 36.8 Å². The molecule has 0 radical (unpaired) electrons. The van der Waals surface area contributed by atoms with Crippen LogP contribution in [0.2, 0.25) is 0 Å². The summed E-state index contributed by atoms with van der Waals surface area (Å²) in [6.45, 7) is 2.42. The summed E-state index contributed by atoms with van der Waals surface area (Å²) in [6.07, 6.45) is 14.4. The number of rotatable bonds is 11. The zero-order valence-corrected chi connectivity index (χ0v) is 25.1. The minimum absolute atomic E-state index is 0. The Hall–Kier alpha value is -0.560. The van der Waals surface area contributed by atoms with Gasteiger partial charge in [-0.1, -0.05) is 0 Å². The molecule has 0 aromatic heterocycles. The highest BCUT2D eigenvalue weighted by Gasteiger charge is 2.50. The molecule has 8 saturated carbocycles. The summed E-state index contributed by atoms with van der Waals surface area (Å²) in [7, 11) is 4.41. The van der Waals surface area contributed by atoms with E-state index >= 15 is 0 Å². The van der Waals surface area contributed by atoms with Crippen LogP contribution in [0.15, 0.2) is 0 Å². The van der Waals surface area contributed by atoms with E-state index < -0.39 is 0 Å². The number of hydrogen-bond donors (Lipinski definition) is 0. The highest BCUT2D eigenvalue weighted by atomic mass is 35.5. The van der Waals surface area contributed by atoms with Crippen LogP contribution in [0.4, 0.5) is 0 Å². The average molecular weight is 574 g/mol. The van der Waals surface area contributed by atoms with Gasteiger partial charge in [-0.2, -0.15) is 0 Å². The van der Waals surface area contributed by atoms with Crippen molar-refractivity contribution in [2.75, 3.05) is 40.4 Å². The smallest absolute Gasteiger partial charge is 0.306 e. The highest BCUT2D eigenvalue weighted by molar-refractivity contribution is 5.85. The average Bonchev–Trinajstić information content (AvgIpc) is 2.81. The van der Waals surface area contributed by atoms with Gasteiger partial charge in [-0.25, -0.2) is 0 Å². The molecule has 218 valence electrons. The molecule has 38 heavy (non-hydrogen) atoms. The lowest BCUT2D eigenvalue weighted by Crippen LogP contribution is -2.55. The number of carbonyl (C=O) groups excluding carboxylic acids is 2. The van der Waals surface area contributed by atoms with Crippen LogP contribution >= 0.6 is 24.8 Å². The SMILES string of the molecule is CN(CCOC(=O)CCC(=O)OCCN(C)C1C2CC3CC(C2)CC1C3)C1C2CC3CC(C2)CC1C3.Cl.Cl. The van der Waals surface area contributed by atoms with Gasteiger partial charge in [-0.3, -0.25) is 19.4 Å². The molecule has 0 unspecified atom stereocenters. The maximum Gasteiger partial charge on any atom is 0.306 e. The molecule has 0 saturated heterocycles. The summed E-state index contributed by atoms with van der Waals surface area (Å²) in [6, 6.07) is 1.34. The molecule has 8 fully saturated rings. The molecule has 0 spiro atoms. The molecule has 8 rings (SSSR count). The van der Waals surface area contributed by atoms with Crippen LogP contribution in [0.1, 0.15) is 77.0 Å². The third-order valence-corrected chi connectivity index (χ3v) is 11.3. The van der Waals surface area contributed by atoms with Crippen molar-refractivity contribution < 1.29 is 19.1 Å². The van der Waals surface area contributed by atoms with Crippen molar-refractivity contribution in [2.45, 2.75) is 89.1 Å². The Labute approximate surface area is 242 Å². The molecule has 8 heteroatoms. The van der Waals surface area contributed by atoms with Gasteiger partial charge in [0.05, 0.1) is 12.8 Å².